The number of amides is 1. The molecule has 2 aromatic heterocycles. The molecule has 3 heterocycles. The molecule has 2 N–H and O–H groups in total. The van der Waals surface area contributed by atoms with Gasteiger partial charge in [0.05, 0.1) is 4.90 Å². The minimum Gasteiger partial charge on any atom is -0.346 e. The zero-order chi connectivity index (χ0) is 23.6. The average Bonchev–Trinajstić information content (AvgIpc) is 3.23. The van der Waals surface area contributed by atoms with Gasteiger partial charge in [0.1, 0.15) is 5.65 Å². The van der Waals surface area contributed by atoms with Crippen LogP contribution in [-0.2, 0) is 20.2 Å². The average molecular weight is 469 g/mol. The second-order valence-electron chi connectivity index (χ2n) is 9.72. The number of likely N-dealkylation sites (tertiary alicyclic amines) is 1. The molecule has 0 unspecified atom stereocenters. The standard InChI is InChI=1S/C25H32N4O3S/c1-25(2,3)19-6-8-20(9-7-19)33(31,32)28-14-10-23(30)29-15-11-18(12-16-29)22-17-27-24-21(22)5-4-13-26-24/h4-9,13,17-18,28H,10-12,14-16H2,1-3H3,(H,26,27). The normalized spacial score (nSPS) is 15.8. The summed E-state index contributed by atoms with van der Waals surface area (Å²) >= 11 is 0. The van der Waals surface area contributed by atoms with E-state index in [9.17, 15) is 13.2 Å². The van der Waals surface area contributed by atoms with Crippen LogP contribution >= 0.6 is 0 Å². The number of carbonyl (C=O) groups excluding carboxylic acids is 1. The largest absolute Gasteiger partial charge is 0.346 e. The summed E-state index contributed by atoms with van der Waals surface area (Å²) in [6.45, 7) is 7.70. The fourth-order valence-corrected chi connectivity index (χ4v) is 5.45. The molecule has 0 saturated carbocycles. The lowest BCUT2D eigenvalue weighted by atomic mass is 9.87. The minimum absolute atomic E-state index is 0.0141. The maximum atomic E-state index is 12.7. The molecule has 0 bridgehead atoms. The van der Waals surface area contributed by atoms with E-state index in [1.54, 1.807) is 18.3 Å². The maximum absolute atomic E-state index is 12.7. The van der Waals surface area contributed by atoms with Crippen molar-refractivity contribution in [2.45, 2.75) is 56.3 Å². The molecule has 1 aliphatic heterocycles. The predicted molar refractivity (Wildman–Crippen MR) is 130 cm³/mol. The Balaban J connectivity index is 1.27. The molecule has 1 aromatic carbocycles. The number of aromatic nitrogens is 2. The lowest BCUT2D eigenvalue weighted by molar-refractivity contribution is -0.132. The van der Waals surface area contributed by atoms with Crippen molar-refractivity contribution in [3.05, 3.63) is 59.9 Å². The number of aromatic amines is 1. The number of piperidine rings is 1. The SMILES string of the molecule is CC(C)(C)c1ccc(S(=O)(=O)NCCC(=O)N2CCC(c3c[nH]c4ncccc34)CC2)cc1. The summed E-state index contributed by atoms with van der Waals surface area (Å²) in [6, 6.07) is 10.9. The summed E-state index contributed by atoms with van der Waals surface area (Å²) in [4.78, 5) is 22.3. The summed E-state index contributed by atoms with van der Waals surface area (Å²) < 4.78 is 27.7. The molecule has 1 amide bonds. The number of rotatable bonds is 6. The zero-order valence-electron chi connectivity index (χ0n) is 19.5. The molecule has 33 heavy (non-hydrogen) atoms. The number of nitrogens with one attached hydrogen (secondary N) is 2. The van der Waals surface area contributed by atoms with E-state index in [2.05, 4.69) is 41.5 Å². The first-order valence-electron chi connectivity index (χ1n) is 11.4. The number of carbonyl (C=O) groups is 1. The van der Waals surface area contributed by atoms with Crippen molar-refractivity contribution in [3.63, 3.8) is 0 Å². The van der Waals surface area contributed by atoms with E-state index < -0.39 is 10.0 Å². The number of fused-ring (bicyclic) bond motifs is 1. The smallest absolute Gasteiger partial charge is 0.240 e. The molecule has 3 aromatic rings. The summed E-state index contributed by atoms with van der Waals surface area (Å²) in [5.41, 5.74) is 3.19. The van der Waals surface area contributed by atoms with E-state index in [1.165, 1.54) is 5.56 Å². The molecule has 0 radical (unpaired) electrons. The highest BCUT2D eigenvalue weighted by atomic mass is 32.2. The van der Waals surface area contributed by atoms with Gasteiger partial charge in [-0.15, -0.1) is 0 Å². The van der Waals surface area contributed by atoms with Crippen molar-refractivity contribution in [1.29, 1.82) is 0 Å². The van der Waals surface area contributed by atoms with Crippen LogP contribution in [0.1, 0.15) is 57.1 Å². The summed E-state index contributed by atoms with van der Waals surface area (Å²) in [5.74, 6) is 0.376. The van der Waals surface area contributed by atoms with Crippen LogP contribution in [-0.4, -0.2) is 48.8 Å². The second-order valence-corrected chi connectivity index (χ2v) is 11.5. The van der Waals surface area contributed by atoms with Crippen molar-refractivity contribution >= 4 is 27.0 Å². The van der Waals surface area contributed by atoms with Crippen molar-refractivity contribution < 1.29 is 13.2 Å². The van der Waals surface area contributed by atoms with Gasteiger partial charge in [0, 0.05) is 43.8 Å². The number of hydrogen-bond donors (Lipinski definition) is 2. The zero-order valence-corrected chi connectivity index (χ0v) is 20.3. The predicted octanol–water partition coefficient (Wildman–Crippen LogP) is 3.94. The molecule has 1 aliphatic rings. The van der Waals surface area contributed by atoms with Gasteiger partial charge in [-0.05, 0) is 59.6 Å². The molecular weight excluding hydrogens is 436 g/mol. The van der Waals surface area contributed by atoms with Gasteiger partial charge >= 0.3 is 0 Å². The number of benzene rings is 1. The lowest BCUT2D eigenvalue weighted by Gasteiger charge is -2.32. The van der Waals surface area contributed by atoms with E-state index in [0.717, 1.165) is 29.4 Å². The summed E-state index contributed by atoms with van der Waals surface area (Å²) in [5, 5.41) is 1.15. The highest BCUT2D eigenvalue weighted by Gasteiger charge is 2.26. The minimum atomic E-state index is -3.64. The van der Waals surface area contributed by atoms with E-state index >= 15 is 0 Å². The lowest BCUT2D eigenvalue weighted by Crippen LogP contribution is -2.39. The molecule has 0 atom stereocenters. The fraction of sp³-hybridized carbons (Fsp3) is 0.440. The number of pyridine rings is 1. The molecule has 0 aliphatic carbocycles. The molecule has 176 valence electrons. The topological polar surface area (TPSA) is 95.2 Å². The first kappa shape index (κ1) is 23.4. The molecule has 1 fully saturated rings. The van der Waals surface area contributed by atoms with Gasteiger partial charge in [-0.2, -0.15) is 0 Å². The van der Waals surface area contributed by atoms with Crippen LogP contribution in [0, 0.1) is 0 Å². The van der Waals surface area contributed by atoms with Crippen molar-refractivity contribution in [2.24, 2.45) is 0 Å². The highest BCUT2D eigenvalue weighted by molar-refractivity contribution is 7.89. The molecule has 1 saturated heterocycles. The Morgan fingerprint density at radius 1 is 1.15 bits per heavy atom. The van der Waals surface area contributed by atoms with E-state index in [-0.39, 0.29) is 29.2 Å². The van der Waals surface area contributed by atoms with Gasteiger partial charge < -0.3 is 9.88 Å². The van der Waals surface area contributed by atoms with Gasteiger partial charge in [0.15, 0.2) is 0 Å². The third-order valence-electron chi connectivity index (χ3n) is 6.43. The van der Waals surface area contributed by atoms with Crippen LogP contribution in [0.15, 0.2) is 53.7 Å². The van der Waals surface area contributed by atoms with E-state index in [4.69, 9.17) is 0 Å². The van der Waals surface area contributed by atoms with Gasteiger partial charge in [0.2, 0.25) is 15.9 Å². The summed E-state index contributed by atoms with van der Waals surface area (Å²) in [6.07, 6.45) is 5.74. The molecular formula is C25H32N4O3S. The van der Waals surface area contributed by atoms with Crippen LogP contribution in [0.5, 0.6) is 0 Å². The maximum Gasteiger partial charge on any atom is 0.240 e. The fourth-order valence-electron chi connectivity index (χ4n) is 4.42. The van der Waals surface area contributed by atoms with Gasteiger partial charge in [-0.25, -0.2) is 18.1 Å². The van der Waals surface area contributed by atoms with Gasteiger partial charge in [0.25, 0.3) is 0 Å². The van der Waals surface area contributed by atoms with Crippen LogP contribution < -0.4 is 4.72 Å². The van der Waals surface area contributed by atoms with E-state index in [1.807, 2.05) is 29.3 Å². The second kappa shape index (κ2) is 9.27. The van der Waals surface area contributed by atoms with Crippen LogP contribution in [0.4, 0.5) is 0 Å². The molecule has 7 nitrogen and oxygen atoms in total. The summed E-state index contributed by atoms with van der Waals surface area (Å²) in [7, 11) is -3.64. The molecule has 8 heteroatoms. The first-order valence-corrected chi connectivity index (χ1v) is 12.9. The number of nitrogens with zero attached hydrogens (tertiary/aromatic N) is 2. The van der Waals surface area contributed by atoms with Crippen molar-refractivity contribution in [3.8, 4) is 0 Å². The Labute approximate surface area is 195 Å². The third kappa shape index (κ3) is 5.28. The van der Waals surface area contributed by atoms with Crippen molar-refractivity contribution in [2.75, 3.05) is 19.6 Å². The Morgan fingerprint density at radius 3 is 2.52 bits per heavy atom. The molecule has 0 spiro atoms. The first-order chi connectivity index (χ1) is 15.6. The van der Waals surface area contributed by atoms with Gasteiger partial charge in [-0.1, -0.05) is 32.9 Å². The number of sulfonamides is 1. The Bertz CT molecular complexity index is 1220. The number of H-pyrrole nitrogens is 1. The van der Waals surface area contributed by atoms with Crippen LogP contribution in [0.2, 0.25) is 0 Å². The monoisotopic (exact) mass is 468 g/mol. The Kier molecular flexibility index (Phi) is 6.59. The third-order valence-corrected chi connectivity index (χ3v) is 7.91. The van der Waals surface area contributed by atoms with Gasteiger partial charge in [-0.3, -0.25) is 4.79 Å². The van der Waals surface area contributed by atoms with Crippen LogP contribution in [0.25, 0.3) is 11.0 Å². The molecule has 4 rings (SSSR count). The van der Waals surface area contributed by atoms with Crippen molar-refractivity contribution in [1.82, 2.24) is 19.6 Å². The number of hydrogen-bond acceptors (Lipinski definition) is 4. The Morgan fingerprint density at radius 2 is 1.85 bits per heavy atom. The quantitative estimate of drug-likeness (QED) is 0.573. The Hall–Kier alpha value is -2.71. The van der Waals surface area contributed by atoms with E-state index in [0.29, 0.717) is 19.0 Å². The van der Waals surface area contributed by atoms with Crippen LogP contribution in [0.3, 0.4) is 0 Å². The highest BCUT2D eigenvalue weighted by Crippen LogP contribution is 2.32.